The Kier molecular flexibility index (Phi) is 6.99. The number of aryl methyl sites for hydroxylation is 1. The Bertz CT molecular complexity index is 2040. The number of aromatic amines is 1. The zero-order valence-corrected chi connectivity index (χ0v) is 23.8. The zero-order valence-electron chi connectivity index (χ0n) is 23.8. The van der Waals surface area contributed by atoms with Crippen LogP contribution in [0, 0.1) is 0 Å². The molecule has 2 aromatic heterocycles. The molecule has 204 valence electrons. The monoisotopic (exact) mass is 543 g/mol. The molecule has 1 N–H and O–H groups in total. The van der Waals surface area contributed by atoms with Gasteiger partial charge in [-0.2, -0.15) is 0 Å². The molecule has 3 nitrogen and oxygen atoms in total. The number of rotatable bonds is 8. The molecular weight excluding hydrogens is 510 g/mol. The average molecular weight is 544 g/mol. The van der Waals surface area contributed by atoms with E-state index in [2.05, 4.69) is 144 Å². The first kappa shape index (κ1) is 25.8. The molecule has 0 unspecified atom stereocenters. The van der Waals surface area contributed by atoms with Gasteiger partial charge < -0.3 is 9.55 Å². The van der Waals surface area contributed by atoms with Gasteiger partial charge in [0, 0.05) is 50.7 Å². The Labute approximate surface area is 246 Å². The Morgan fingerprint density at radius 2 is 1.55 bits per heavy atom. The minimum Gasteiger partial charge on any atom is -0.354 e. The highest BCUT2D eigenvalue weighted by Crippen LogP contribution is 2.29. The van der Waals surface area contributed by atoms with Gasteiger partial charge in [0.1, 0.15) is 0 Å². The van der Waals surface area contributed by atoms with Crippen molar-refractivity contribution in [3.05, 3.63) is 156 Å². The number of H-pyrrole nitrogens is 1. The first-order valence-electron chi connectivity index (χ1n) is 14.8. The summed E-state index contributed by atoms with van der Waals surface area (Å²) in [7, 11) is 0. The Morgan fingerprint density at radius 3 is 2.33 bits per heavy atom. The molecule has 3 heteroatoms. The minimum atomic E-state index is 0.949. The lowest BCUT2D eigenvalue weighted by molar-refractivity contribution is 0.640. The van der Waals surface area contributed by atoms with Crippen LogP contribution < -0.4 is 5.35 Å². The van der Waals surface area contributed by atoms with Crippen molar-refractivity contribution in [1.82, 2.24) is 9.55 Å². The molecule has 0 radical (unpaired) electrons. The molecule has 1 aliphatic heterocycles. The van der Waals surface area contributed by atoms with E-state index in [1.165, 1.54) is 27.0 Å². The SMILES string of the molecule is CCCCn1/c(=C/C=C/C(=C2/C=CC(c3ccccc3)=N2)c2ccc(-c3ccccc3)[nH]2)c2cccc3cccc1c32. The molecule has 3 heterocycles. The lowest BCUT2D eigenvalue weighted by Crippen LogP contribution is -2.16. The molecule has 0 fully saturated rings. The summed E-state index contributed by atoms with van der Waals surface area (Å²) in [6.07, 6.45) is 13.2. The van der Waals surface area contributed by atoms with Gasteiger partial charge in [-0.3, -0.25) is 0 Å². The van der Waals surface area contributed by atoms with Crippen molar-refractivity contribution in [3.8, 4) is 11.3 Å². The van der Waals surface area contributed by atoms with E-state index in [1.54, 1.807) is 0 Å². The predicted molar refractivity (Wildman–Crippen MR) is 178 cm³/mol. The van der Waals surface area contributed by atoms with Gasteiger partial charge in [0.25, 0.3) is 0 Å². The third-order valence-corrected chi connectivity index (χ3v) is 8.04. The van der Waals surface area contributed by atoms with Gasteiger partial charge in [0.15, 0.2) is 0 Å². The second-order valence-corrected chi connectivity index (χ2v) is 10.7. The molecule has 4 aromatic carbocycles. The molecule has 7 rings (SSSR count). The highest BCUT2D eigenvalue weighted by Gasteiger charge is 2.14. The topological polar surface area (TPSA) is 33.1 Å². The number of nitrogens with one attached hydrogen (secondary N) is 1. The Balaban J connectivity index is 1.36. The number of aliphatic imine (C=N–C) groups is 1. The van der Waals surface area contributed by atoms with Crippen LogP contribution in [0.1, 0.15) is 31.0 Å². The van der Waals surface area contributed by atoms with E-state index in [4.69, 9.17) is 4.99 Å². The summed E-state index contributed by atoms with van der Waals surface area (Å²) in [6, 6.07) is 38.4. The summed E-state index contributed by atoms with van der Waals surface area (Å²) >= 11 is 0. The van der Waals surface area contributed by atoms with Gasteiger partial charge in [-0.15, -0.1) is 0 Å². The van der Waals surface area contributed by atoms with Gasteiger partial charge in [-0.25, -0.2) is 4.99 Å². The van der Waals surface area contributed by atoms with Crippen LogP contribution >= 0.6 is 0 Å². The van der Waals surface area contributed by atoms with Gasteiger partial charge >= 0.3 is 0 Å². The fraction of sp³-hybridized carbons (Fsp3) is 0.103. The lowest BCUT2D eigenvalue weighted by atomic mass is 10.1. The van der Waals surface area contributed by atoms with Gasteiger partial charge in [-0.1, -0.05) is 116 Å². The normalized spacial score (nSPS) is 15.0. The summed E-state index contributed by atoms with van der Waals surface area (Å²) in [5, 5.41) is 5.19. The maximum Gasteiger partial charge on any atom is 0.0731 e. The maximum atomic E-state index is 5.07. The zero-order chi connectivity index (χ0) is 28.3. The average Bonchev–Trinajstić information content (AvgIpc) is 3.80. The summed E-state index contributed by atoms with van der Waals surface area (Å²) in [6.45, 7) is 3.26. The molecule has 1 aliphatic rings. The molecular formula is C39H33N3. The fourth-order valence-electron chi connectivity index (χ4n) is 5.94. The first-order valence-corrected chi connectivity index (χ1v) is 14.8. The van der Waals surface area contributed by atoms with E-state index in [1.807, 2.05) is 12.1 Å². The van der Waals surface area contributed by atoms with E-state index in [0.29, 0.717) is 0 Å². The summed E-state index contributed by atoms with van der Waals surface area (Å²) < 4.78 is 2.49. The number of nitrogens with zero attached hydrogens (tertiary/aromatic N) is 2. The second-order valence-electron chi connectivity index (χ2n) is 10.7. The van der Waals surface area contributed by atoms with Crippen LogP contribution in [0.3, 0.4) is 0 Å². The van der Waals surface area contributed by atoms with Crippen molar-refractivity contribution in [2.75, 3.05) is 0 Å². The van der Waals surface area contributed by atoms with Crippen molar-refractivity contribution >= 4 is 39.0 Å². The third kappa shape index (κ3) is 4.84. The van der Waals surface area contributed by atoms with E-state index in [0.717, 1.165) is 58.9 Å². The molecule has 0 saturated heterocycles. The van der Waals surface area contributed by atoms with E-state index in [9.17, 15) is 0 Å². The molecule has 0 bridgehead atoms. The predicted octanol–water partition coefficient (Wildman–Crippen LogP) is 9.12. The summed E-state index contributed by atoms with van der Waals surface area (Å²) in [5.74, 6) is 0. The molecule has 0 atom stereocenters. The second kappa shape index (κ2) is 11.4. The fourth-order valence-corrected chi connectivity index (χ4v) is 5.94. The van der Waals surface area contributed by atoms with Crippen molar-refractivity contribution < 1.29 is 0 Å². The van der Waals surface area contributed by atoms with Crippen LogP contribution in [0.25, 0.3) is 44.6 Å². The third-order valence-electron chi connectivity index (χ3n) is 8.04. The van der Waals surface area contributed by atoms with Crippen molar-refractivity contribution in [2.45, 2.75) is 26.3 Å². The van der Waals surface area contributed by atoms with Crippen molar-refractivity contribution in [2.24, 2.45) is 4.99 Å². The number of hydrogen-bond donors (Lipinski definition) is 1. The van der Waals surface area contributed by atoms with Crippen LogP contribution in [0.15, 0.2) is 144 Å². The Morgan fingerprint density at radius 1 is 0.786 bits per heavy atom. The summed E-state index contributed by atoms with van der Waals surface area (Å²) in [4.78, 5) is 8.73. The van der Waals surface area contributed by atoms with Crippen LogP contribution in [-0.4, -0.2) is 15.3 Å². The summed E-state index contributed by atoms with van der Waals surface area (Å²) in [5.41, 5.74) is 8.71. The molecule has 0 spiro atoms. The van der Waals surface area contributed by atoms with Crippen LogP contribution in [0.2, 0.25) is 0 Å². The van der Waals surface area contributed by atoms with Crippen LogP contribution in [0.5, 0.6) is 0 Å². The van der Waals surface area contributed by atoms with Gasteiger partial charge in [0.2, 0.25) is 0 Å². The molecule has 0 aliphatic carbocycles. The van der Waals surface area contributed by atoms with Crippen LogP contribution in [-0.2, 0) is 6.54 Å². The minimum absolute atomic E-state index is 0.949. The first-order chi connectivity index (χ1) is 20.8. The smallest absolute Gasteiger partial charge is 0.0731 e. The van der Waals surface area contributed by atoms with Crippen molar-refractivity contribution in [1.29, 1.82) is 0 Å². The number of unbranched alkanes of at least 4 members (excludes halogenated alkanes) is 1. The van der Waals surface area contributed by atoms with E-state index >= 15 is 0 Å². The maximum absolute atomic E-state index is 5.07. The number of allylic oxidation sites excluding steroid dienone is 5. The molecule has 0 amide bonds. The van der Waals surface area contributed by atoms with Crippen LogP contribution in [0.4, 0.5) is 0 Å². The van der Waals surface area contributed by atoms with E-state index < -0.39 is 0 Å². The molecule has 6 aromatic rings. The number of benzene rings is 4. The lowest BCUT2D eigenvalue weighted by Gasteiger charge is -2.05. The number of hydrogen-bond acceptors (Lipinski definition) is 1. The van der Waals surface area contributed by atoms with Gasteiger partial charge in [0.05, 0.1) is 11.4 Å². The highest BCUT2D eigenvalue weighted by atomic mass is 15.0. The quantitative estimate of drug-likeness (QED) is 0.199. The highest BCUT2D eigenvalue weighted by molar-refractivity contribution is 6.12. The van der Waals surface area contributed by atoms with Gasteiger partial charge in [-0.05, 0) is 53.8 Å². The largest absolute Gasteiger partial charge is 0.354 e. The number of aromatic nitrogens is 2. The molecule has 0 saturated carbocycles. The molecule has 42 heavy (non-hydrogen) atoms. The van der Waals surface area contributed by atoms with Crippen molar-refractivity contribution in [3.63, 3.8) is 0 Å². The van der Waals surface area contributed by atoms with E-state index in [-0.39, 0.29) is 0 Å². The standard InChI is InChI=1S/C39H33N3/c1-2-3-27-42-37(32-20-10-17-30-18-11-22-38(42)39(30)32)21-12-19-31(35-25-23-33(40-35)28-13-6-4-7-14-28)36-26-24-34(41-36)29-15-8-5-9-16-29/h4-26,40H,2-3,27H2,1H3/b19-12+,36-31+,37-21+. The Hall–Kier alpha value is -5.15.